The van der Waals surface area contributed by atoms with Gasteiger partial charge in [-0.15, -0.1) is 0 Å². The number of hydrogen-bond donors (Lipinski definition) is 0. The second-order valence-electron chi connectivity index (χ2n) is 7.66. The summed E-state index contributed by atoms with van der Waals surface area (Å²) < 4.78 is 0. The van der Waals surface area contributed by atoms with Gasteiger partial charge in [0.15, 0.2) is 11.6 Å². The summed E-state index contributed by atoms with van der Waals surface area (Å²) in [6.07, 6.45) is 1.25. The number of fused-ring (bicyclic) bond motifs is 2. The molecule has 0 radical (unpaired) electrons. The van der Waals surface area contributed by atoms with Crippen molar-refractivity contribution in [2.45, 2.75) is 12.8 Å². The van der Waals surface area contributed by atoms with E-state index in [2.05, 4.69) is 0 Å². The molecule has 4 aromatic carbocycles. The van der Waals surface area contributed by atoms with Crippen LogP contribution in [0.3, 0.4) is 0 Å². The van der Waals surface area contributed by atoms with E-state index >= 15 is 0 Å². The second-order valence-corrected chi connectivity index (χ2v) is 7.66. The number of rotatable bonds is 4. The molecule has 0 unspecified atom stereocenters. The lowest BCUT2D eigenvalue weighted by molar-refractivity contribution is 0.0977. The lowest BCUT2D eigenvalue weighted by Gasteiger charge is -2.22. The van der Waals surface area contributed by atoms with Crippen LogP contribution in [-0.2, 0) is 12.8 Å². The minimum atomic E-state index is -0.0546. The molecule has 0 bridgehead atoms. The first kappa shape index (κ1) is 18.3. The monoisotopic (exact) mass is 388 g/mol. The first-order valence-corrected chi connectivity index (χ1v) is 10.1. The van der Waals surface area contributed by atoms with Gasteiger partial charge in [0.1, 0.15) is 0 Å². The average Bonchev–Trinajstić information content (AvgIpc) is 2.79. The van der Waals surface area contributed by atoms with Crippen molar-refractivity contribution in [2.75, 3.05) is 0 Å². The molecule has 0 spiro atoms. The Labute approximate surface area is 175 Å². The summed E-state index contributed by atoms with van der Waals surface area (Å²) in [7, 11) is 0. The molecule has 0 aromatic heterocycles. The van der Waals surface area contributed by atoms with Gasteiger partial charge in [-0.1, -0.05) is 97.1 Å². The van der Waals surface area contributed by atoms with Crippen molar-refractivity contribution in [3.8, 4) is 0 Å². The summed E-state index contributed by atoms with van der Waals surface area (Å²) in [6.45, 7) is 0. The van der Waals surface area contributed by atoms with Gasteiger partial charge < -0.3 is 0 Å². The maximum absolute atomic E-state index is 13.5. The number of benzene rings is 4. The molecule has 2 heteroatoms. The summed E-state index contributed by atoms with van der Waals surface area (Å²) in [5, 5.41) is 0. The predicted octanol–water partition coefficient (Wildman–Crippen LogP) is 5.64. The Kier molecular flexibility index (Phi) is 4.61. The Balaban J connectivity index is 1.60. The van der Waals surface area contributed by atoms with Crippen molar-refractivity contribution >= 4 is 11.6 Å². The van der Waals surface area contributed by atoms with Gasteiger partial charge in [-0.25, -0.2) is 0 Å². The van der Waals surface area contributed by atoms with Crippen LogP contribution >= 0.6 is 0 Å². The van der Waals surface area contributed by atoms with E-state index in [0.717, 1.165) is 22.3 Å². The van der Waals surface area contributed by atoms with Crippen LogP contribution in [0.5, 0.6) is 0 Å². The molecular formula is C28H20O2. The van der Waals surface area contributed by atoms with Crippen molar-refractivity contribution in [3.05, 3.63) is 142 Å². The molecule has 0 N–H and O–H groups in total. The maximum atomic E-state index is 13.5. The van der Waals surface area contributed by atoms with Crippen LogP contribution in [0.2, 0.25) is 0 Å². The molecule has 1 aliphatic rings. The van der Waals surface area contributed by atoms with Gasteiger partial charge in [0.25, 0.3) is 0 Å². The fraction of sp³-hybridized carbons (Fsp3) is 0.0714. The molecule has 0 heterocycles. The van der Waals surface area contributed by atoms with Gasteiger partial charge in [-0.05, 0) is 35.1 Å². The number of ketones is 2. The molecule has 30 heavy (non-hydrogen) atoms. The molecule has 0 saturated carbocycles. The van der Waals surface area contributed by atoms with Crippen LogP contribution < -0.4 is 0 Å². The highest BCUT2D eigenvalue weighted by atomic mass is 16.1. The van der Waals surface area contributed by atoms with Gasteiger partial charge in [-0.3, -0.25) is 9.59 Å². The summed E-state index contributed by atoms with van der Waals surface area (Å²) in [6, 6.07) is 31.3. The SMILES string of the molecule is O=C1c2cccc(Cc3ccccc3)c2C(=O)c2cccc(Cc3ccccc3)c21. The highest BCUT2D eigenvalue weighted by molar-refractivity contribution is 6.29. The lowest BCUT2D eigenvalue weighted by atomic mass is 9.78. The highest BCUT2D eigenvalue weighted by Gasteiger charge is 2.33. The van der Waals surface area contributed by atoms with Crippen molar-refractivity contribution < 1.29 is 9.59 Å². The van der Waals surface area contributed by atoms with E-state index in [1.165, 1.54) is 0 Å². The van der Waals surface area contributed by atoms with Crippen molar-refractivity contribution in [1.82, 2.24) is 0 Å². The van der Waals surface area contributed by atoms with Gasteiger partial charge in [0.2, 0.25) is 0 Å². The molecular weight excluding hydrogens is 368 g/mol. The quantitative estimate of drug-likeness (QED) is 0.399. The van der Waals surface area contributed by atoms with Gasteiger partial charge in [-0.2, -0.15) is 0 Å². The van der Waals surface area contributed by atoms with E-state index in [1.54, 1.807) is 12.1 Å². The van der Waals surface area contributed by atoms with E-state index < -0.39 is 0 Å². The van der Waals surface area contributed by atoms with Crippen molar-refractivity contribution in [2.24, 2.45) is 0 Å². The average molecular weight is 388 g/mol. The Hall–Kier alpha value is -3.78. The maximum Gasteiger partial charge on any atom is 0.194 e. The summed E-state index contributed by atoms with van der Waals surface area (Å²) in [5.41, 5.74) is 6.17. The number of carbonyl (C=O) groups excluding carboxylic acids is 2. The zero-order valence-electron chi connectivity index (χ0n) is 16.5. The fourth-order valence-electron chi connectivity index (χ4n) is 4.31. The zero-order valence-corrected chi connectivity index (χ0v) is 16.5. The van der Waals surface area contributed by atoms with Gasteiger partial charge in [0.05, 0.1) is 0 Å². The van der Waals surface area contributed by atoms with Crippen LogP contribution in [0.15, 0.2) is 97.1 Å². The summed E-state index contributed by atoms with van der Waals surface area (Å²) in [5.74, 6) is -0.109. The topological polar surface area (TPSA) is 34.1 Å². The third-order valence-corrected chi connectivity index (χ3v) is 5.72. The molecule has 2 nitrogen and oxygen atoms in total. The summed E-state index contributed by atoms with van der Waals surface area (Å²) in [4.78, 5) is 27.0. The van der Waals surface area contributed by atoms with Crippen LogP contribution in [0.1, 0.15) is 54.1 Å². The molecule has 5 rings (SSSR count). The molecule has 0 amide bonds. The smallest absolute Gasteiger partial charge is 0.194 e. The van der Waals surface area contributed by atoms with Crippen LogP contribution in [0.4, 0.5) is 0 Å². The van der Waals surface area contributed by atoms with Crippen molar-refractivity contribution in [3.63, 3.8) is 0 Å². The van der Waals surface area contributed by atoms with E-state index in [1.807, 2.05) is 84.9 Å². The normalized spacial score (nSPS) is 12.4. The third kappa shape index (κ3) is 3.17. The van der Waals surface area contributed by atoms with Crippen LogP contribution in [0, 0.1) is 0 Å². The van der Waals surface area contributed by atoms with E-state index in [4.69, 9.17) is 0 Å². The standard InChI is InChI=1S/C28H20O2/c29-27-24-16-8-14-22(18-20-11-5-2-6-12-20)26(24)28(30)23-15-7-13-21(25(23)27)17-19-9-3-1-4-10-19/h1-16H,17-18H2. The second kappa shape index (κ2) is 7.57. The van der Waals surface area contributed by atoms with E-state index in [0.29, 0.717) is 35.1 Å². The van der Waals surface area contributed by atoms with E-state index in [9.17, 15) is 9.59 Å². The highest BCUT2D eigenvalue weighted by Crippen LogP contribution is 2.33. The molecule has 1 aliphatic carbocycles. The first-order valence-electron chi connectivity index (χ1n) is 10.1. The Morgan fingerprint density at radius 1 is 0.433 bits per heavy atom. The van der Waals surface area contributed by atoms with Crippen LogP contribution in [-0.4, -0.2) is 11.6 Å². The van der Waals surface area contributed by atoms with E-state index in [-0.39, 0.29) is 11.6 Å². The van der Waals surface area contributed by atoms with Gasteiger partial charge >= 0.3 is 0 Å². The molecule has 0 aliphatic heterocycles. The minimum absolute atomic E-state index is 0.0546. The fourth-order valence-corrected chi connectivity index (χ4v) is 4.31. The first-order chi connectivity index (χ1) is 14.7. The Morgan fingerprint density at radius 3 is 1.23 bits per heavy atom. The number of carbonyl (C=O) groups is 2. The molecule has 0 fully saturated rings. The Morgan fingerprint density at radius 2 is 0.833 bits per heavy atom. The van der Waals surface area contributed by atoms with Gasteiger partial charge in [0, 0.05) is 22.3 Å². The minimum Gasteiger partial charge on any atom is -0.289 e. The lowest BCUT2D eigenvalue weighted by Crippen LogP contribution is -2.24. The molecule has 0 atom stereocenters. The molecule has 144 valence electrons. The van der Waals surface area contributed by atoms with Crippen molar-refractivity contribution in [1.29, 1.82) is 0 Å². The predicted molar refractivity (Wildman–Crippen MR) is 118 cm³/mol. The molecule has 0 saturated heterocycles. The van der Waals surface area contributed by atoms with Crippen LogP contribution in [0.25, 0.3) is 0 Å². The summed E-state index contributed by atoms with van der Waals surface area (Å²) >= 11 is 0. The third-order valence-electron chi connectivity index (χ3n) is 5.72. The zero-order chi connectivity index (χ0) is 20.5. The largest absolute Gasteiger partial charge is 0.289 e. The number of hydrogen-bond acceptors (Lipinski definition) is 2. The Bertz CT molecular complexity index is 1150. The molecule has 4 aromatic rings.